The molecule has 13 heteroatoms. The number of anilines is 2. The number of nitrogens with zero attached hydrogens (tertiary/aromatic N) is 1. The van der Waals surface area contributed by atoms with E-state index < -0.39 is 34.8 Å². The minimum absolute atomic E-state index is 0. The zero-order chi connectivity index (χ0) is 31.3. The Morgan fingerprint density at radius 2 is 1.53 bits per heavy atom. The Hall–Kier alpha value is -4.26. The Morgan fingerprint density at radius 3 is 2.18 bits per heavy atom. The molecule has 1 aromatic heterocycles. The van der Waals surface area contributed by atoms with Gasteiger partial charge >= 0.3 is 29.6 Å². The summed E-state index contributed by atoms with van der Waals surface area (Å²) < 4.78 is 45.7. The molecule has 4 aromatic rings. The molecule has 0 aliphatic heterocycles. The van der Waals surface area contributed by atoms with E-state index in [1.165, 1.54) is 42.6 Å². The summed E-state index contributed by atoms with van der Waals surface area (Å²) >= 11 is 0. The molecule has 45 heavy (non-hydrogen) atoms. The molecule has 1 aliphatic rings. The molecule has 2 amide bonds. The van der Waals surface area contributed by atoms with Crippen LogP contribution in [-0.4, -0.2) is 36.0 Å². The van der Waals surface area contributed by atoms with Crippen molar-refractivity contribution in [1.29, 1.82) is 0 Å². The number of rotatable bonds is 13. The van der Waals surface area contributed by atoms with Gasteiger partial charge in [0.1, 0.15) is 17.0 Å². The van der Waals surface area contributed by atoms with Crippen molar-refractivity contribution in [2.75, 3.05) is 23.8 Å². The minimum Gasteiger partial charge on any atom is -0.550 e. The zero-order valence-electron chi connectivity index (χ0n) is 24.7. The van der Waals surface area contributed by atoms with Crippen molar-refractivity contribution in [2.45, 2.75) is 32.6 Å². The molecule has 0 unspecified atom stereocenters. The molecule has 0 atom stereocenters. The van der Waals surface area contributed by atoms with Crippen LogP contribution in [0.1, 0.15) is 32.6 Å². The second-order valence-corrected chi connectivity index (χ2v) is 10.1. The van der Waals surface area contributed by atoms with Gasteiger partial charge in [0.05, 0.1) is 18.7 Å². The van der Waals surface area contributed by atoms with Crippen LogP contribution in [0.5, 0.6) is 23.0 Å². The van der Waals surface area contributed by atoms with Gasteiger partial charge < -0.3 is 34.7 Å². The summed E-state index contributed by atoms with van der Waals surface area (Å²) in [5, 5.41) is 16.4. The number of fused-ring (bicyclic) bond motifs is 1. The van der Waals surface area contributed by atoms with Crippen LogP contribution < -0.4 is 59.5 Å². The van der Waals surface area contributed by atoms with Gasteiger partial charge in [-0.3, -0.25) is 14.6 Å². The monoisotopic (exact) mass is 627 g/mol. The first-order valence-corrected chi connectivity index (χ1v) is 13.9. The SMILES string of the molecule is CCOc1cc2c(Oc3ccc(NC(=O)C4(C(=O)Nc5ccc(F)cc5)CC4)cc3F)ccnc2cc1OCCCC(=O)[O-].[Na+]. The number of ether oxygens (including phenoxy) is 3. The largest absolute Gasteiger partial charge is 1.00 e. The maximum Gasteiger partial charge on any atom is 1.00 e. The third-order valence-corrected chi connectivity index (χ3v) is 6.98. The second-order valence-electron chi connectivity index (χ2n) is 10.1. The topological polar surface area (TPSA) is 139 Å². The molecule has 0 radical (unpaired) electrons. The van der Waals surface area contributed by atoms with E-state index in [1.807, 2.05) is 0 Å². The van der Waals surface area contributed by atoms with Gasteiger partial charge in [-0.1, -0.05) is 0 Å². The van der Waals surface area contributed by atoms with Crippen LogP contribution >= 0.6 is 0 Å². The first-order valence-electron chi connectivity index (χ1n) is 13.9. The van der Waals surface area contributed by atoms with E-state index in [0.717, 1.165) is 6.07 Å². The molecule has 1 aliphatic carbocycles. The number of hydrogen-bond donors (Lipinski definition) is 2. The molecule has 0 saturated heterocycles. The molecule has 228 valence electrons. The van der Waals surface area contributed by atoms with E-state index in [-0.39, 0.29) is 66.2 Å². The molecule has 0 bridgehead atoms. The number of pyridine rings is 1. The van der Waals surface area contributed by atoms with Crippen molar-refractivity contribution in [2.24, 2.45) is 5.41 Å². The Balaban J connectivity index is 0.00000461. The number of carboxylic acid groups (broad SMARTS) is 1. The van der Waals surface area contributed by atoms with Crippen LogP contribution in [0.2, 0.25) is 0 Å². The number of benzene rings is 3. The normalized spacial score (nSPS) is 12.9. The molecular weight excluding hydrogens is 599 g/mol. The van der Waals surface area contributed by atoms with E-state index in [2.05, 4.69) is 15.6 Å². The quantitative estimate of drug-likeness (QED) is 0.130. The summed E-state index contributed by atoms with van der Waals surface area (Å²) in [4.78, 5) is 40.8. The Kier molecular flexibility index (Phi) is 11.0. The number of halogens is 2. The van der Waals surface area contributed by atoms with Crippen LogP contribution in [-0.2, 0) is 14.4 Å². The van der Waals surface area contributed by atoms with Crippen molar-refractivity contribution >= 4 is 40.1 Å². The van der Waals surface area contributed by atoms with Crippen LogP contribution in [0.4, 0.5) is 20.2 Å². The van der Waals surface area contributed by atoms with E-state index in [4.69, 9.17) is 14.2 Å². The van der Waals surface area contributed by atoms with Crippen LogP contribution in [0.25, 0.3) is 10.9 Å². The molecule has 1 heterocycles. The number of carbonyl (C=O) groups excluding carboxylic acids is 3. The van der Waals surface area contributed by atoms with Crippen LogP contribution in [0.15, 0.2) is 66.9 Å². The number of nitrogens with one attached hydrogen (secondary N) is 2. The maximum absolute atomic E-state index is 15.2. The summed E-state index contributed by atoms with van der Waals surface area (Å²) in [6, 6.07) is 13.9. The second kappa shape index (κ2) is 14.7. The van der Waals surface area contributed by atoms with Crippen molar-refractivity contribution in [1.82, 2.24) is 4.98 Å². The number of amides is 2. The van der Waals surface area contributed by atoms with Crippen LogP contribution in [0.3, 0.4) is 0 Å². The van der Waals surface area contributed by atoms with Crippen molar-refractivity contribution in [3.8, 4) is 23.0 Å². The first kappa shape index (κ1) is 33.6. The van der Waals surface area contributed by atoms with E-state index in [0.29, 0.717) is 47.5 Å². The summed E-state index contributed by atoms with van der Waals surface area (Å²) in [6.07, 6.45) is 2.23. The smallest absolute Gasteiger partial charge is 0.550 e. The fourth-order valence-electron chi connectivity index (χ4n) is 4.49. The van der Waals surface area contributed by atoms with E-state index in [9.17, 15) is 23.9 Å². The summed E-state index contributed by atoms with van der Waals surface area (Å²) in [7, 11) is 0. The third kappa shape index (κ3) is 8.07. The van der Waals surface area contributed by atoms with Crippen molar-refractivity contribution in [3.63, 3.8) is 0 Å². The van der Waals surface area contributed by atoms with Crippen molar-refractivity contribution in [3.05, 3.63) is 78.5 Å². The number of carbonyl (C=O) groups is 3. The Bertz CT molecular complexity index is 1720. The van der Waals surface area contributed by atoms with Gasteiger partial charge in [-0.05, 0) is 81.1 Å². The minimum atomic E-state index is -1.30. The van der Waals surface area contributed by atoms with Crippen LogP contribution in [0, 0.1) is 17.0 Å². The summed E-state index contributed by atoms with van der Waals surface area (Å²) in [5.74, 6) is -2.57. The molecule has 1 fully saturated rings. The fourth-order valence-corrected chi connectivity index (χ4v) is 4.49. The van der Waals surface area contributed by atoms with Crippen molar-refractivity contribution < 1.29 is 72.0 Å². The average molecular weight is 628 g/mol. The van der Waals surface area contributed by atoms with E-state index >= 15 is 4.39 Å². The number of aliphatic carboxylic acids is 1. The molecule has 5 rings (SSSR count). The van der Waals surface area contributed by atoms with Gasteiger partial charge in [-0.2, -0.15) is 0 Å². The number of hydrogen-bond acceptors (Lipinski definition) is 8. The summed E-state index contributed by atoms with van der Waals surface area (Å²) in [5.41, 5.74) is -0.333. The number of carboxylic acids is 1. The molecule has 10 nitrogen and oxygen atoms in total. The molecule has 0 spiro atoms. The predicted molar refractivity (Wildman–Crippen MR) is 154 cm³/mol. The zero-order valence-corrected chi connectivity index (χ0v) is 26.7. The van der Waals surface area contributed by atoms with Gasteiger partial charge in [-0.15, -0.1) is 0 Å². The fraction of sp³-hybridized carbons (Fsp3) is 0.250. The molecule has 3 aromatic carbocycles. The maximum atomic E-state index is 15.2. The van der Waals surface area contributed by atoms with Gasteiger partial charge in [0, 0.05) is 41.1 Å². The average Bonchev–Trinajstić information content (AvgIpc) is 3.81. The Labute approximate surface area is 279 Å². The van der Waals surface area contributed by atoms with Gasteiger partial charge in [0.15, 0.2) is 23.1 Å². The predicted octanol–water partition coefficient (Wildman–Crippen LogP) is 1.97. The Morgan fingerprint density at radius 1 is 0.867 bits per heavy atom. The van der Waals surface area contributed by atoms with Gasteiger partial charge in [0.2, 0.25) is 11.8 Å². The number of aromatic nitrogens is 1. The van der Waals surface area contributed by atoms with Gasteiger partial charge in [-0.25, -0.2) is 8.78 Å². The van der Waals surface area contributed by atoms with Gasteiger partial charge in [0.25, 0.3) is 0 Å². The molecule has 1 saturated carbocycles. The first-order chi connectivity index (χ1) is 21.2. The van der Waals surface area contributed by atoms with E-state index in [1.54, 1.807) is 25.1 Å². The molecular formula is C32H28F2N3NaO7. The third-order valence-electron chi connectivity index (χ3n) is 6.98. The standard InChI is InChI=1S/C32H29F2N3O7.Na/c1-2-42-27-17-22-24(18-28(27)43-15-3-4-29(38)39)35-14-11-25(22)44-26-10-9-21(16-23(26)34)37-31(41)32(12-13-32)30(40)36-20-7-5-19(33)6-8-20;/h5-11,14,16-18H,2-4,12-13,15H2,1H3,(H,36,40)(H,37,41)(H,38,39);/q;+1/p-1. The summed E-state index contributed by atoms with van der Waals surface area (Å²) in [6.45, 7) is 2.25. The molecule has 2 N–H and O–H groups in total.